The highest BCUT2D eigenvalue weighted by Gasteiger charge is 2.21. The zero-order valence-electron chi connectivity index (χ0n) is 13.5. The van der Waals surface area contributed by atoms with E-state index < -0.39 is 0 Å². The Labute approximate surface area is 143 Å². The third-order valence-corrected chi connectivity index (χ3v) is 4.92. The number of hydrogen-bond acceptors (Lipinski definition) is 7. The number of aromatic nitrogens is 6. The lowest BCUT2D eigenvalue weighted by molar-refractivity contribution is 0.551. The molecule has 0 atom stereocenters. The van der Waals surface area contributed by atoms with E-state index in [0.29, 0.717) is 0 Å². The molecule has 3 heterocycles. The molecule has 0 aromatic carbocycles. The van der Waals surface area contributed by atoms with Crippen LogP contribution in [-0.4, -0.2) is 29.1 Å². The minimum absolute atomic E-state index is 0.0488. The van der Waals surface area contributed by atoms with Crippen molar-refractivity contribution in [1.82, 2.24) is 29.1 Å². The molecule has 8 heteroatoms. The van der Waals surface area contributed by atoms with Gasteiger partial charge in [0, 0.05) is 18.2 Å². The summed E-state index contributed by atoms with van der Waals surface area (Å²) in [6.45, 7) is 9.17. The number of nitrogens with zero attached hydrogens (tertiary/aromatic N) is 6. The van der Waals surface area contributed by atoms with Crippen molar-refractivity contribution in [3.05, 3.63) is 30.2 Å². The Hall–Kier alpha value is -1.80. The summed E-state index contributed by atoms with van der Waals surface area (Å²) in [5.74, 6) is 1.63. The fraction of sp³-hybridized carbons (Fsp3) is 0.400. The van der Waals surface area contributed by atoms with Crippen molar-refractivity contribution in [3.8, 4) is 11.5 Å². The van der Waals surface area contributed by atoms with E-state index in [1.807, 2.05) is 22.8 Å². The van der Waals surface area contributed by atoms with Gasteiger partial charge in [0.2, 0.25) is 0 Å². The molecule has 0 unspecified atom stereocenters. The fourth-order valence-corrected chi connectivity index (χ4v) is 3.75. The van der Waals surface area contributed by atoms with Gasteiger partial charge < -0.3 is 4.57 Å². The largest absolute Gasteiger partial charge is 0.301 e. The molecule has 0 aliphatic heterocycles. The minimum atomic E-state index is -0.0488. The van der Waals surface area contributed by atoms with E-state index in [1.54, 1.807) is 6.20 Å². The van der Waals surface area contributed by atoms with E-state index in [2.05, 4.69) is 52.2 Å². The second kappa shape index (κ2) is 6.37. The maximum Gasteiger partial charge on any atom is 0.198 e. The van der Waals surface area contributed by atoms with Gasteiger partial charge in [-0.2, -0.15) is 4.37 Å². The average Bonchev–Trinajstić information content (AvgIpc) is 3.15. The molecule has 23 heavy (non-hydrogen) atoms. The molecule has 0 spiro atoms. The first-order chi connectivity index (χ1) is 11.0. The van der Waals surface area contributed by atoms with E-state index in [1.165, 1.54) is 23.3 Å². The Bertz CT molecular complexity index is 788. The molecule has 3 aromatic rings. The van der Waals surface area contributed by atoms with E-state index in [9.17, 15) is 0 Å². The topological polar surface area (TPSA) is 69.4 Å². The first kappa shape index (κ1) is 16.1. The van der Waals surface area contributed by atoms with Crippen molar-refractivity contribution in [3.63, 3.8) is 0 Å². The maximum atomic E-state index is 4.61. The molecule has 0 aliphatic carbocycles. The Morgan fingerprint density at radius 3 is 2.65 bits per heavy atom. The predicted octanol–water partition coefficient (Wildman–Crippen LogP) is 3.66. The molecule has 0 saturated heterocycles. The molecule has 0 radical (unpaired) electrons. The van der Waals surface area contributed by atoms with Crippen LogP contribution in [0.15, 0.2) is 33.9 Å². The van der Waals surface area contributed by atoms with Gasteiger partial charge in [-0.1, -0.05) is 26.8 Å². The van der Waals surface area contributed by atoms with Crippen molar-refractivity contribution >= 4 is 23.3 Å². The summed E-state index contributed by atoms with van der Waals surface area (Å²) in [5.41, 5.74) is 0.772. The first-order valence-corrected chi connectivity index (χ1v) is 8.94. The van der Waals surface area contributed by atoms with Gasteiger partial charge >= 0.3 is 0 Å². The van der Waals surface area contributed by atoms with Crippen molar-refractivity contribution < 1.29 is 0 Å². The number of pyridine rings is 1. The molecule has 3 aromatic heterocycles. The number of hydrogen-bond donors (Lipinski definition) is 0. The first-order valence-electron chi connectivity index (χ1n) is 7.35. The third-order valence-electron chi connectivity index (χ3n) is 3.18. The van der Waals surface area contributed by atoms with Gasteiger partial charge in [0.25, 0.3) is 0 Å². The Morgan fingerprint density at radius 2 is 2.04 bits per heavy atom. The summed E-state index contributed by atoms with van der Waals surface area (Å²) >= 11 is 2.90. The van der Waals surface area contributed by atoms with Crippen LogP contribution in [0.5, 0.6) is 0 Å². The van der Waals surface area contributed by atoms with E-state index in [4.69, 9.17) is 0 Å². The van der Waals surface area contributed by atoms with Crippen molar-refractivity contribution in [2.24, 2.45) is 0 Å². The standard InChI is InChI=1S/C15H18N6S2/c1-5-21-11(10-8-6-7-9-16-10)18-19-13(21)22-14-17-12(20-23-14)15(2,3)4/h6-9H,5H2,1-4H3. The highest BCUT2D eigenvalue weighted by atomic mass is 32.2. The minimum Gasteiger partial charge on any atom is -0.301 e. The predicted molar refractivity (Wildman–Crippen MR) is 91.7 cm³/mol. The summed E-state index contributed by atoms with van der Waals surface area (Å²) in [5, 5.41) is 9.41. The Balaban J connectivity index is 1.90. The zero-order valence-corrected chi connectivity index (χ0v) is 15.1. The summed E-state index contributed by atoms with van der Waals surface area (Å²) < 4.78 is 7.37. The molecule has 0 fully saturated rings. The fourth-order valence-electron chi connectivity index (χ4n) is 1.97. The monoisotopic (exact) mass is 346 g/mol. The van der Waals surface area contributed by atoms with Crippen LogP contribution in [0.1, 0.15) is 33.5 Å². The van der Waals surface area contributed by atoms with Gasteiger partial charge in [0.05, 0.1) is 0 Å². The molecular formula is C15H18N6S2. The normalized spacial score (nSPS) is 11.8. The summed E-state index contributed by atoms with van der Waals surface area (Å²) in [4.78, 5) is 8.96. The number of rotatable bonds is 4. The van der Waals surface area contributed by atoms with Crippen molar-refractivity contribution in [2.75, 3.05) is 0 Å². The molecule has 6 nitrogen and oxygen atoms in total. The van der Waals surface area contributed by atoms with Crippen LogP contribution in [0.25, 0.3) is 11.5 Å². The summed E-state index contributed by atoms with van der Waals surface area (Å²) in [6, 6.07) is 5.78. The van der Waals surface area contributed by atoms with Gasteiger partial charge in [-0.25, -0.2) is 4.98 Å². The smallest absolute Gasteiger partial charge is 0.198 e. The van der Waals surface area contributed by atoms with Crippen molar-refractivity contribution in [1.29, 1.82) is 0 Å². The molecule has 0 saturated carbocycles. The van der Waals surface area contributed by atoms with Crippen LogP contribution < -0.4 is 0 Å². The second-order valence-corrected chi connectivity index (χ2v) is 7.97. The lowest BCUT2D eigenvalue weighted by Gasteiger charge is -2.12. The SMILES string of the molecule is CCn1c(Sc2nc(C(C)(C)C)ns2)nnc1-c1ccccn1. The highest BCUT2D eigenvalue weighted by Crippen LogP contribution is 2.32. The molecule has 3 rings (SSSR count). The third kappa shape index (κ3) is 3.42. The van der Waals surface area contributed by atoms with Gasteiger partial charge in [0.1, 0.15) is 11.5 Å². The quantitative estimate of drug-likeness (QED) is 0.718. The van der Waals surface area contributed by atoms with Crippen LogP contribution in [0.3, 0.4) is 0 Å². The van der Waals surface area contributed by atoms with Crippen LogP contribution in [0, 0.1) is 0 Å². The van der Waals surface area contributed by atoms with Gasteiger partial charge in [-0.3, -0.25) is 4.98 Å². The van der Waals surface area contributed by atoms with Crippen LogP contribution in [0.4, 0.5) is 0 Å². The molecule has 120 valence electrons. The Kier molecular flexibility index (Phi) is 4.45. The average molecular weight is 346 g/mol. The molecular weight excluding hydrogens is 328 g/mol. The van der Waals surface area contributed by atoms with Crippen LogP contribution in [-0.2, 0) is 12.0 Å². The second-order valence-electron chi connectivity index (χ2n) is 6.00. The summed E-state index contributed by atoms with van der Waals surface area (Å²) in [6.07, 6.45) is 1.76. The van der Waals surface area contributed by atoms with Gasteiger partial charge in [0.15, 0.2) is 15.3 Å². The highest BCUT2D eigenvalue weighted by molar-refractivity contribution is 8.00. The van der Waals surface area contributed by atoms with Crippen LogP contribution >= 0.6 is 23.3 Å². The van der Waals surface area contributed by atoms with Crippen molar-refractivity contribution in [2.45, 2.75) is 49.2 Å². The molecule has 0 aliphatic rings. The van der Waals surface area contributed by atoms with E-state index >= 15 is 0 Å². The molecule has 0 bridgehead atoms. The maximum absolute atomic E-state index is 4.61. The lowest BCUT2D eigenvalue weighted by atomic mass is 9.96. The van der Waals surface area contributed by atoms with E-state index in [-0.39, 0.29) is 5.41 Å². The van der Waals surface area contributed by atoms with Gasteiger partial charge in [-0.05, 0) is 42.4 Å². The lowest BCUT2D eigenvalue weighted by Crippen LogP contribution is -2.12. The molecule has 0 amide bonds. The zero-order chi connectivity index (χ0) is 16.4. The summed E-state index contributed by atoms with van der Waals surface area (Å²) in [7, 11) is 0. The van der Waals surface area contributed by atoms with Gasteiger partial charge in [-0.15, -0.1) is 10.2 Å². The molecule has 0 N–H and O–H groups in total. The van der Waals surface area contributed by atoms with E-state index in [0.717, 1.165) is 33.4 Å². The Morgan fingerprint density at radius 1 is 1.22 bits per heavy atom. The van der Waals surface area contributed by atoms with Crippen LogP contribution in [0.2, 0.25) is 0 Å².